The average molecular weight is 415 g/mol. The van der Waals surface area contributed by atoms with Crippen molar-refractivity contribution in [3.63, 3.8) is 0 Å². The Balaban J connectivity index is 0.000000755. The van der Waals surface area contributed by atoms with E-state index in [4.69, 9.17) is 21.5 Å². The molecule has 2 N–H and O–H groups in total. The Morgan fingerprint density at radius 2 is 2.03 bits per heavy atom. The summed E-state index contributed by atoms with van der Waals surface area (Å²) in [5, 5.41) is 19.1. The van der Waals surface area contributed by atoms with Gasteiger partial charge < -0.3 is 15.0 Å². The summed E-state index contributed by atoms with van der Waals surface area (Å²) in [5.74, 6) is 0.432. The predicted octanol–water partition coefficient (Wildman–Crippen LogP) is 2.83. The van der Waals surface area contributed by atoms with E-state index in [1.54, 1.807) is 27.8 Å². The summed E-state index contributed by atoms with van der Waals surface area (Å²) in [7, 11) is 1.88. The Hall–Kier alpha value is -3.59. The molecular formula is C19H19ClN6O3. The maximum atomic E-state index is 12.8. The van der Waals surface area contributed by atoms with Crippen LogP contribution in [0, 0.1) is 6.92 Å². The Morgan fingerprint density at radius 1 is 1.28 bits per heavy atom. The van der Waals surface area contributed by atoms with E-state index in [0.29, 0.717) is 22.9 Å². The number of aromatic nitrogens is 5. The number of carbonyl (C=O) groups is 2. The lowest BCUT2D eigenvalue weighted by Gasteiger charge is -2.10. The van der Waals surface area contributed by atoms with Gasteiger partial charge in [0.1, 0.15) is 17.0 Å². The van der Waals surface area contributed by atoms with Gasteiger partial charge >= 0.3 is 0 Å². The van der Waals surface area contributed by atoms with Crippen LogP contribution in [0.4, 0.5) is 5.82 Å². The third-order valence-corrected chi connectivity index (χ3v) is 4.49. The molecule has 4 aromatic rings. The van der Waals surface area contributed by atoms with Gasteiger partial charge in [0, 0.05) is 30.0 Å². The first-order valence-electron chi connectivity index (χ1n) is 8.59. The molecule has 0 bridgehead atoms. The molecular weight excluding hydrogens is 396 g/mol. The highest BCUT2D eigenvalue weighted by atomic mass is 35.5. The number of nitrogens with one attached hydrogen (secondary N) is 1. The minimum atomic E-state index is -0.250. The van der Waals surface area contributed by atoms with Gasteiger partial charge in [-0.05, 0) is 24.6 Å². The second-order valence-corrected chi connectivity index (χ2v) is 6.70. The summed E-state index contributed by atoms with van der Waals surface area (Å²) in [4.78, 5) is 21.2. The maximum absolute atomic E-state index is 12.8. The van der Waals surface area contributed by atoms with Crippen molar-refractivity contribution in [3.8, 4) is 0 Å². The van der Waals surface area contributed by atoms with Crippen molar-refractivity contribution in [2.24, 2.45) is 7.05 Å². The molecule has 0 unspecified atom stereocenters. The third kappa shape index (κ3) is 4.30. The summed E-state index contributed by atoms with van der Waals surface area (Å²) in [6, 6.07) is 7.58. The molecule has 0 saturated carbocycles. The number of carbonyl (C=O) groups excluding carboxylic acids is 1. The van der Waals surface area contributed by atoms with Crippen molar-refractivity contribution in [3.05, 3.63) is 70.8 Å². The molecule has 10 heteroatoms. The molecule has 0 fully saturated rings. The summed E-state index contributed by atoms with van der Waals surface area (Å²) in [5.41, 5.74) is 3.13. The number of halogens is 1. The van der Waals surface area contributed by atoms with Gasteiger partial charge in [0.2, 0.25) is 0 Å². The highest BCUT2D eigenvalue weighted by Gasteiger charge is 2.18. The van der Waals surface area contributed by atoms with Gasteiger partial charge in [-0.1, -0.05) is 23.7 Å². The minimum absolute atomic E-state index is 0.224. The number of nitrogens with zero attached hydrogens (tertiary/aromatic N) is 5. The van der Waals surface area contributed by atoms with Crippen LogP contribution in [0.5, 0.6) is 0 Å². The van der Waals surface area contributed by atoms with E-state index < -0.39 is 0 Å². The number of anilines is 1. The zero-order valence-corrected chi connectivity index (χ0v) is 16.5. The fraction of sp³-hybridized carbons (Fsp3) is 0.158. The summed E-state index contributed by atoms with van der Waals surface area (Å²) < 4.78 is 5.29. The van der Waals surface area contributed by atoms with E-state index in [2.05, 4.69) is 15.5 Å². The number of carboxylic acid groups (broad SMARTS) is 1. The van der Waals surface area contributed by atoms with Crippen LogP contribution in [0.3, 0.4) is 0 Å². The number of imidazole rings is 1. The summed E-state index contributed by atoms with van der Waals surface area (Å²) >= 11 is 6.06. The van der Waals surface area contributed by atoms with E-state index in [9.17, 15) is 4.79 Å². The van der Waals surface area contributed by atoms with Crippen molar-refractivity contribution < 1.29 is 14.7 Å². The lowest BCUT2D eigenvalue weighted by molar-refractivity contribution is -0.122. The van der Waals surface area contributed by atoms with Crippen LogP contribution >= 0.6 is 11.6 Å². The van der Waals surface area contributed by atoms with Crippen molar-refractivity contribution in [2.45, 2.75) is 13.5 Å². The molecule has 0 atom stereocenters. The molecule has 4 rings (SSSR count). The zero-order valence-electron chi connectivity index (χ0n) is 15.8. The van der Waals surface area contributed by atoms with Crippen LogP contribution in [0.1, 0.15) is 21.5 Å². The van der Waals surface area contributed by atoms with Crippen molar-refractivity contribution >= 4 is 35.4 Å². The number of fused-ring (bicyclic) bond motifs is 1. The Morgan fingerprint density at radius 3 is 2.76 bits per heavy atom. The zero-order chi connectivity index (χ0) is 21.0. The first-order valence-corrected chi connectivity index (χ1v) is 8.97. The van der Waals surface area contributed by atoms with Gasteiger partial charge in [-0.2, -0.15) is 10.2 Å². The number of aryl methyl sites for hydroxylation is 2. The first-order chi connectivity index (χ1) is 13.9. The summed E-state index contributed by atoms with van der Waals surface area (Å²) in [6.07, 6.45) is 6.96. The van der Waals surface area contributed by atoms with Crippen LogP contribution in [-0.2, 0) is 18.4 Å². The molecule has 0 spiro atoms. The van der Waals surface area contributed by atoms with Crippen molar-refractivity contribution in [1.82, 2.24) is 24.0 Å². The maximum Gasteiger partial charge on any atom is 0.290 e. The van der Waals surface area contributed by atoms with Gasteiger partial charge in [-0.15, -0.1) is 0 Å². The standard InChI is InChI=1S/C18H17ClN6O.CH2O2/c1-12-9-20-25(11-13-4-3-5-14(19)8-13)16(12)22-17(26)15-10-21-24-7-6-23(2)18(15)24;2-1-3/h3-10H,11H2,1-2H3,(H,22,26);1H,(H,2,3). The highest BCUT2D eigenvalue weighted by molar-refractivity contribution is 6.30. The number of benzene rings is 1. The number of hydrogen-bond donors (Lipinski definition) is 2. The molecule has 0 aliphatic carbocycles. The van der Waals surface area contributed by atoms with Gasteiger partial charge in [-0.3, -0.25) is 9.59 Å². The fourth-order valence-corrected chi connectivity index (χ4v) is 3.17. The van der Waals surface area contributed by atoms with Gasteiger partial charge in [-0.25, -0.2) is 9.20 Å². The lowest BCUT2D eigenvalue weighted by Crippen LogP contribution is -2.17. The van der Waals surface area contributed by atoms with Crippen LogP contribution in [0.15, 0.2) is 49.1 Å². The SMILES string of the molecule is Cc1cnn(Cc2cccc(Cl)c2)c1NC(=O)c1cnn2ccn(C)c12.O=CO. The minimum Gasteiger partial charge on any atom is -0.483 e. The van der Waals surface area contributed by atoms with Crippen LogP contribution in [0.2, 0.25) is 5.02 Å². The van der Waals surface area contributed by atoms with Crippen LogP contribution in [-0.4, -0.2) is 41.4 Å². The van der Waals surface area contributed by atoms with Gasteiger partial charge in [0.25, 0.3) is 12.4 Å². The second-order valence-electron chi connectivity index (χ2n) is 6.26. The normalized spacial score (nSPS) is 10.4. The summed E-state index contributed by atoms with van der Waals surface area (Å²) in [6.45, 7) is 2.17. The smallest absolute Gasteiger partial charge is 0.290 e. The van der Waals surface area contributed by atoms with Gasteiger partial charge in [0.15, 0.2) is 0 Å². The third-order valence-electron chi connectivity index (χ3n) is 4.26. The molecule has 1 amide bonds. The first kappa shape index (κ1) is 20.2. The largest absolute Gasteiger partial charge is 0.483 e. The molecule has 3 heterocycles. The molecule has 0 saturated heterocycles. The highest BCUT2D eigenvalue weighted by Crippen LogP contribution is 2.20. The van der Waals surface area contributed by atoms with Gasteiger partial charge in [0.05, 0.1) is 18.9 Å². The van der Waals surface area contributed by atoms with E-state index in [1.807, 2.05) is 49.0 Å². The fourth-order valence-electron chi connectivity index (χ4n) is 2.96. The molecule has 1 aromatic carbocycles. The molecule has 9 nitrogen and oxygen atoms in total. The molecule has 0 radical (unpaired) electrons. The van der Waals surface area contributed by atoms with E-state index >= 15 is 0 Å². The lowest BCUT2D eigenvalue weighted by atomic mass is 10.2. The second kappa shape index (κ2) is 8.61. The molecule has 0 aliphatic heterocycles. The van der Waals surface area contributed by atoms with E-state index in [1.165, 1.54) is 0 Å². The number of rotatable bonds is 4. The van der Waals surface area contributed by atoms with E-state index in [-0.39, 0.29) is 12.4 Å². The van der Waals surface area contributed by atoms with Crippen molar-refractivity contribution in [2.75, 3.05) is 5.32 Å². The number of hydrogen-bond acceptors (Lipinski definition) is 4. The van der Waals surface area contributed by atoms with Crippen molar-refractivity contribution in [1.29, 1.82) is 0 Å². The molecule has 0 aliphatic rings. The van der Waals surface area contributed by atoms with Crippen LogP contribution < -0.4 is 5.32 Å². The quantitative estimate of drug-likeness (QED) is 0.499. The number of amides is 1. The predicted molar refractivity (Wildman–Crippen MR) is 108 cm³/mol. The van der Waals surface area contributed by atoms with Crippen LogP contribution in [0.25, 0.3) is 5.65 Å². The van der Waals surface area contributed by atoms with E-state index in [0.717, 1.165) is 16.8 Å². The Bertz CT molecular complexity index is 1160. The molecule has 29 heavy (non-hydrogen) atoms. The monoisotopic (exact) mass is 414 g/mol. The molecule has 3 aromatic heterocycles. The topological polar surface area (TPSA) is 106 Å². The average Bonchev–Trinajstić information content (AvgIpc) is 3.35. The molecule has 150 valence electrons. The Labute approximate surface area is 171 Å². The Kier molecular flexibility index (Phi) is 5.99.